The molecule has 8 heteroatoms. The molecule has 116 valence electrons. The van der Waals surface area contributed by atoms with Crippen LogP contribution >= 0.6 is 15.9 Å². The highest BCUT2D eigenvalue weighted by Gasteiger charge is 2.16. The molecule has 0 fully saturated rings. The molecule has 0 aliphatic carbocycles. The molecule has 3 rings (SSSR count). The molecule has 1 N–H and O–H groups in total. The summed E-state index contributed by atoms with van der Waals surface area (Å²) in [6.07, 6.45) is 1.43. The van der Waals surface area contributed by atoms with E-state index < -0.39 is 0 Å². The van der Waals surface area contributed by atoms with Crippen LogP contribution in [0.2, 0.25) is 0 Å². The quantitative estimate of drug-likeness (QED) is 0.760. The first-order valence-electron chi connectivity index (χ1n) is 6.66. The van der Waals surface area contributed by atoms with E-state index in [4.69, 9.17) is 4.74 Å². The predicted molar refractivity (Wildman–Crippen MR) is 87.8 cm³/mol. The number of halogens is 1. The molecule has 0 unspecified atom stereocenters. The summed E-state index contributed by atoms with van der Waals surface area (Å²) in [5.74, 6) is 0.293. The van der Waals surface area contributed by atoms with Crippen LogP contribution < -0.4 is 10.1 Å². The molecule has 1 aromatic heterocycles. The van der Waals surface area contributed by atoms with Gasteiger partial charge in [-0.15, -0.1) is 5.10 Å². The summed E-state index contributed by atoms with van der Waals surface area (Å²) in [5.41, 5.74) is 1.59. The molecule has 3 aromatic rings. The number of nitrogens with one attached hydrogen (secondary N) is 1. The Bertz CT molecular complexity index is 836. The number of methoxy groups -OCH3 is 1. The van der Waals surface area contributed by atoms with Crippen molar-refractivity contribution in [2.75, 3.05) is 12.4 Å². The highest BCUT2D eigenvalue weighted by atomic mass is 79.9. The number of tetrazole rings is 1. The molecule has 0 radical (unpaired) electrons. The van der Waals surface area contributed by atoms with E-state index in [2.05, 4.69) is 36.8 Å². The van der Waals surface area contributed by atoms with Crippen LogP contribution in [-0.2, 0) is 0 Å². The van der Waals surface area contributed by atoms with Gasteiger partial charge in [0.25, 0.3) is 5.91 Å². The maximum absolute atomic E-state index is 12.7. The van der Waals surface area contributed by atoms with Gasteiger partial charge in [0, 0.05) is 4.47 Å². The molecular formula is C15H12BrN5O2. The van der Waals surface area contributed by atoms with E-state index in [9.17, 15) is 4.79 Å². The Morgan fingerprint density at radius 1 is 1.26 bits per heavy atom. The standard InChI is InChI=1S/C15H12BrN5O2/c1-23-14-5-3-2-4-12(14)18-15(22)11-8-10(16)6-7-13(11)21-9-17-19-20-21/h2-9H,1H3,(H,18,22). The van der Waals surface area contributed by atoms with Gasteiger partial charge in [0.2, 0.25) is 0 Å². The Hall–Kier alpha value is -2.74. The molecule has 0 spiro atoms. The second-order valence-corrected chi connectivity index (χ2v) is 5.49. The van der Waals surface area contributed by atoms with Gasteiger partial charge in [-0.25, -0.2) is 0 Å². The lowest BCUT2D eigenvalue weighted by Crippen LogP contribution is -2.16. The average molecular weight is 374 g/mol. The molecule has 0 atom stereocenters. The number of hydrogen-bond acceptors (Lipinski definition) is 5. The minimum atomic E-state index is -0.290. The molecular weight excluding hydrogens is 362 g/mol. The van der Waals surface area contributed by atoms with Crippen LogP contribution in [0.1, 0.15) is 10.4 Å². The molecule has 0 aliphatic heterocycles. The summed E-state index contributed by atoms with van der Waals surface area (Å²) in [7, 11) is 1.55. The van der Waals surface area contributed by atoms with E-state index in [1.54, 1.807) is 31.4 Å². The molecule has 7 nitrogen and oxygen atoms in total. The highest BCUT2D eigenvalue weighted by Crippen LogP contribution is 2.25. The molecule has 0 saturated carbocycles. The summed E-state index contributed by atoms with van der Waals surface area (Å²) >= 11 is 3.38. The van der Waals surface area contributed by atoms with Crippen LogP contribution in [0.4, 0.5) is 5.69 Å². The van der Waals surface area contributed by atoms with Crippen molar-refractivity contribution in [3.63, 3.8) is 0 Å². The number of benzene rings is 2. The van der Waals surface area contributed by atoms with Gasteiger partial charge >= 0.3 is 0 Å². The van der Waals surface area contributed by atoms with Crippen LogP contribution in [-0.4, -0.2) is 33.2 Å². The number of carbonyl (C=O) groups excluding carboxylic acids is 1. The maximum Gasteiger partial charge on any atom is 0.258 e. The highest BCUT2D eigenvalue weighted by molar-refractivity contribution is 9.10. The number of rotatable bonds is 4. The average Bonchev–Trinajstić information content (AvgIpc) is 3.09. The largest absolute Gasteiger partial charge is 0.495 e. The van der Waals surface area contributed by atoms with Crippen LogP contribution in [0.5, 0.6) is 5.75 Å². The number of amides is 1. The molecule has 0 bridgehead atoms. The normalized spacial score (nSPS) is 10.3. The Morgan fingerprint density at radius 2 is 2.09 bits per heavy atom. The molecule has 23 heavy (non-hydrogen) atoms. The van der Waals surface area contributed by atoms with Crippen molar-refractivity contribution in [2.45, 2.75) is 0 Å². The number of ether oxygens (including phenoxy) is 1. The minimum absolute atomic E-state index is 0.290. The van der Waals surface area contributed by atoms with E-state index in [1.165, 1.54) is 11.0 Å². The zero-order valence-electron chi connectivity index (χ0n) is 12.1. The molecule has 2 aromatic carbocycles. The fourth-order valence-electron chi connectivity index (χ4n) is 2.10. The van der Waals surface area contributed by atoms with E-state index >= 15 is 0 Å². The van der Waals surface area contributed by atoms with E-state index in [0.29, 0.717) is 22.7 Å². The van der Waals surface area contributed by atoms with Gasteiger partial charge in [-0.05, 0) is 40.8 Å². The van der Waals surface area contributed by atoms with Crippen molar-refractivity contribution in [3.05, 3.63) is 58.8 Å². The van der Waals surface area contributed by atoms with Gasteiger partial charge in [-0.1, -0.05) is 28.1 Å². The van der Waals surface area contributed by atoms with Crippen LogP contribution in [0.25, 0.3) is 5.69 Å². The third-order valence-electron chi connectivity index (χ3n) is 3.15. The van der Waals surface area contributed by atoms with E-state index in [-0.39, 0.29) is 5.91 Å². The first-order valence-corrected chi connectivity index (χ1v) is 7.45. The second-order valence-electron chi connectivity index (χ2n) is 4.57. The summed E-state index contributed by atoms with van der Waals surface area (Å²) in [6, 6.07) is 12.5. The van der Waals surface area contributed by atoms with Crippen molar-refractivity contribution in [2.24, 2.45) is 0 Å². The smallest absolute Gasteiger partial charge is 0.258 e. The van der Waals surface area contributed by atoms with Gasteiger partial charge in [-0.3, -0.25) is 4.79 Å². The number of anilines is 1. The monoisotopic (exact) mass is 373 g/mol. The summed E-state index contributed by atoms with van der Waals surface area (Å²) in [6.45, 7) is 0. The topological polar surface area (TPSA) is 81.9 Å². The van der Waals surface area contributed by atoms with E-state index in [0.717, 1.165) is 4.47 Å². The fourth-order valence-corrected chi connectivity index (χ4v) is 2.46. The van der Waals surface area contributed by atoms with Gasteiger partial charge in [0.15, 0.2) is 0 Å². The van der Waals surface area contributed by atoms with Crippen LogP contribution in [0.15, 0.2) is 53.3 Å². The molecule has 1 amide bonds. The Morgan fingerprint density at radius 3 is 2.83 bits per heavy atom. The second kappa shape index (κ2) is 6.57. The third kappa shape index (κ3) is 3.21. The number of aromatic nitrogens is 4. The third-order valence-corrected chi connectivity index (χ3v) is 3.65. The lowest BCUT2D eigenvalue weighted by Gasteiger charge is -2.12. The van der Waals surface area contributed by atoms with Gasteiger partial charge in [0.1, 0.15) is 12.1 Å². The van der Waals surface area contributed by atoms with Crippen molar-refractivity contribution in [1.82, 2.24) is 20.2 Å². The first-order chi connectivity index (χ1) is 11.2. The summed E-state index contributed by atoms with van der Waals surface area (Å²) in [5, 5.41) is 13.9. The predicted octanol–water partition coefficient (Wildman–Crippen LogP) is 2.69. The molecule has 1 heterocycles. The Labute approximate surface area is 140 Å². The van der Waals surface area contributed by atoms with Gasteiger partial charge < -0.3 is 10.1 Å². The number of hydrogen-bond donors (Lipinski definition) is 1. The zero-order valence-corrected chi connectivity index (χ0v) is 13.7. The van der Waals surface area contributed by atoms with Gasteiger partial charge in [-0.2, -0.15) is 4.68 Å². The Kier molecular flexibility index (Phi) is 4.33. The SMILES string of the molecule is COc1ccccc1NC(=O)c1cc(Br)ccc1-n1cnnn1. The Balaban J connectivity index is 1.98. The maximum atomic E-state index is 12.7. The summed E-state index contributed by atoms with van der Waals surface area (Å²) in [4.78, 5) is 12.7. The van der Waals surface area contributed by atoms with E-state index in [1.807, 2.05) is 18.2 Å². The van der Waals surface area contributed by atoms with Gasteiger partial charge in [0.05, 0.1) is 24.0 Å². The lowest BCUT2D eigenvalue weighted by molar-refractivity contribution is 0.102. The number of nitrogens with zero attached hydrogens (tertiary/aromatic N) is 4. The first kappa shape index (κ1) is 15.2. The fraction of sp³-hybridized carbons (Fsp3) is 0.0667. The van der Waals surface area contributed by atoms with Crippen LogP contribution in [0.3, 0.4) is 0 Å². The van der Waals surface area contributed by atoms with Crippen molar-refractivity contribution in [1.29, 1.82) is 0 Å². The molecule has 0 aliphatic rings. The lowest BCUT2D eigenvalue weighted by atomic mass is 10.1. The van der Waals surface area contributed by atoms with Crippen molar-refractivity contribution in [3.8, 4) is 11.4 Å². The molecule has 0 saturated heterocycles. The zero-order chi connectivity index (χ0) is 16.2. The van der Waals surface area contributed by atoms with Crippen LogP contribution in [0, 0.1) is 0 Å². The number of carbonyl (C=O) groups is 1. The van der Waals surface area contributed by atoms with Crippen molar-refractivity contribution >= 4 is 27.5 Å². The van der Waals surface area contributed by atoms with Crippen molar-refractivity contribution < 1.29 is 9.53 Å². The number of para-hydroxylation sites is 2. The minimum Gasteiger partial charge on any atom is -0.495 e. The summed E-state index contributed by atoms with van der Waals surface area (Å²) < 4.78 is 7.46.